The van der Waals surface area contributed by atoms with E-state index in [0.717, 1.165) is 38.5 Å². The normalized spacial score (nSPS) is 35.8. The van der Waals surface area contributed by atoms with Crippen molar-refractivity contribution in [2.24, 2.45) is 16.1 Å². The van der Waals surface area contributed by atoms with Crippen LogP contribution >= 0.6 is 15.9 Å². The highest BCUT2D eigenvalue weighted by Crippen LogP contribution is 2.58. The molecule has 2 atom stereocenters. The molecule has 3 saturated carbocycles. The lowest BCUT2D eigenvalue weighted by Crippen LogP contribution is -2.50. The van der Waals surface area contributed by atoms with Gasteiger partial charge in [0.25, 0.3) is 0 Å². The molecule has 2 bridgehead atoms. The minimum atomic E-state index is -1.49. The first kappa shape index (κ1) is 17.9. The van der Waals surface area contributed by atoms with Crippen molar-refractivity contribution >= 4 is 27.7 Å². The third-order valence-corrected chi connectivity index (χ3v) is 6.99. The molecule has 3 fully saturated rings. The maximum atomic E-state index is 15.2. The summed E-state index contributed by atoms with van der Waals surface area (Å²) in [6, 6.07) is 0. The molecule has 0 spiro atoms. The van der Waals surface area contributed by atoms with Crippen LogP contribution in [0.1, 0.15) is 56.3 Å². The molecule has 0 saturated heterocycles. The van der Waals surface area contributed by atoms with Crippen LogP contribution in [0.2, 0.25) is 0 Å². The van der Waals surface area contributed by atoms with Gasteiger partial charge in [0, 0.05) is 12.5 Å². The van der Waals surface area contributed by atoms with Gasteiger partial charge in [-0.25, -0.2) is 14.4 Å². The van der Waals surface area contributed by atoms with Gasteiger partial charge in [0.15, 0.2) is 0 Å². The molecule has 2 N–H and O–H groups in total. The van der Waals surface area contributed by atoms with Gasteiger partial charge in [0.05, 0.1) is 12.5 Å². The van der Waals surface area contributed by atoms with Crippen LogP contribution in [0.5, 0.6) is 0 Å². The number of aromatic nitrogens is 2. The Morgan fingerprint density at radius 3 is 2.42 bits per heavy atom. The number of carbonyl (C=O) groups excluding carboxylic acids is 1. The minimum absolute atomic E-state index is 0.128. The van der Waals surface area contributed by atoms with E-state index < -0.39 is 17.9 Å². The fourth-order valence-corrected chi connectivity index (χ4v) is 5.41. The second-order valence-corrected chi connectivity index (χ2v) is 8.26. The Labute approximate surface area is 159 Å². The van der Waals surface area contributed by atoms with Crippen LogP contribution in [-0.4, -0.2) is 41.8 Å². The number of aliphatic imine (C=N–C) groups is 1. The van der Waals surface area contributed by atoms with Gasteiger partial charge in [-0.1, -0.05) is 0 Å². The van der Waals surface area contributed by atoms with E-state index in [1.165, 1.54) is 18.8 Å². The molecule has 0 amide bonds. The zero-order chi connectivity index (χ0) is 18.7. The second-order valence-electron chi connectivity index (χ2n) is 7.51. The van der Waals surface area contributed by atoms with E-state index >= 15 is 4.39 Å². The van der Waals surface area contributed by atoms with Gasteiger partial charge in [0.1, 0.15) is 22.0 Å². The van der Waals surface area contributed by atoms with Crippen molar-refractivity contribution in [3.63, 3.8) is 0 Å². The lowest BCUT2D eigenvalue weighted by molar-refractivity contribution is -0.160. The standard InChI is InChI=1S/C17H22BrFN4O3/c1-25-13-11(19)23-9(12(20)22-13)10(18)21-14(23)16-3-6-17(7-4-16,8-5-16)15(24)26-2/h11,13H,3-8H2,1-2H3,(H2,20,22). The van der Waals surface area contributed by atoms with Crippen molar-refractivity contribution in [1.29, 1.82) is 0 Å². The number of imidazole rings is 1. The molecule has 3 aliphatic carbocycles. The number of halogens is 2. The fourth-order valence-electron chi connectivity index (χ4n) is 4.84. The number of ether oxygens (including phenoxy) is 2. The van der Waals surface area contributed by atoms with Crippen LogP contribution in [0.15, 0.2) is 9.60 Å². The predicted octanol–water partition coefficient (Wildman–Crippen LogP) is 2.57. The average Bonchev–Trinajstić information content (AvgIpc) is 3.04. The summed E-state index contributed by atoms with van der Waals surface area (Å²) in [5.41, 5.74) is 5.85. The summed E-state index contributed by atoms with van der Waals surface area (Å²) >= 11 is 3.42. The first-order chi connectivity index (χ1) is 12.4. The van der Waals surface area contributed by atoms with E-state index in [-0.39, 0.29) is 17.2 Å². The molecule has 1 aliphatic heterocycles. The number of methoxy groups -OCH3 is 2. The number of hydrogen-bond donors (Lipinski definition) is 1. The van der Waals surface area contributed by atoms with Gasteiger partial charge in [0.2, 0.25) is 12.5 Å². The Bertz CT molecular complexity index is 769. The molecule has 0 radical (unpaired) electrons. The second kappa shape index (κ2) is 6.02. The quantitative estimate of drug-likeness (QED) is 0.746. The lowest BCUT2D eigenvalue weighted by Gasteiger charge is -2.51. The number of amidine groups is 1. The number of nitrogens with two attached hydrogens (primary N) is 1. The Kier molecular flexibility index (Phi) is 4.15. The van der Waals surface area contributed by atoms with E-state index in [0.29, 0.717) is 16.1 Å². The van der Waals surface area contributed by atoms with Crippen LogP contribution in [-0.2, 0) is 19.7 Å². The maximum absolute atomic E-state index is 15.2. The van der Waals surface area contributed by atoms with Gasteiger partial charge in [-0.2, -0.15) is 0 Å². The number of carbonyl (C=O) groups is 1. The number of fused-ring (bicyclic) bond motifs is 4. The van der Waals surface area contributed by atoms with Gasteiger partial charge < -0.3 is 15.2 Å². The molecule has 2 unspecified atom stereocenters. The Hall–Kier alpha value is -1.48. The predicted molar refractivity (Wildman–Crippen MR) is 95.4 cm³/mol. The molecular formula is C17H22BrFN4O3. The number of esters is 1. The van der Waals surface area contributed by atoms with E-state index in [1.807, 2.05) is 0 Å². The number of rotatable bonds is 3. The summed E-state index contributed by atoms with van der Waals surface area (Å²) in [6.07, 6.45) is 2.03. The van der Waals surface area contributed by atoms with E-state index in [1.54, 1.807) is 0 Å². The molecule has 1 aromatic heterocycles. The first-order valence-electron chi connectivity index (χ1n) is 8.75. The minimum Gasteiger partial charge on any atom is -0.469 e. The molecule has 142 valence electrons. The summed E-state index contributed by atoms with van der Waals surface area (Å²) in [6.45, 7) is 0. The zero-order valence-electron chi connectivity index (χ0n) is 14.8. The molecule has 0 aromatic carbocycles. The molecule has 7 nitrogen and oxygen atoms in total. The van der Waals surface area contributed by atoms with Crippen molar-refractivity contribution in [3.05, 3.63) is 16.1 Å². The number of nitrogens with zero attached hydrogens (tertiary/aromatic N) is 3. The third-order valence-electron chi connectivity index (χ3n) is 6.44. The largest absolute Gasteiger partial charge is 0.469 e. The van der Waals surface area contributed by atoms with Gasteiger partial charge in [-0.05, 0) is 54.5 Å². The third kappa shape index (κ3) is 2.29. The van der Waals surface area contributed by atoms with E-state index in [9.17, 15) is 4.79 Å². The van der Waals surface area contributed by atoms with Crippen LogP contribution in [0.4, 0.5) is 4.39 Å². The van der Waals surface area contributed by atoms with Crippen LogP contribution < -0.4 is 5.73 Å². The summed E-state index contributed by atoms with van der Waals surface area (Å²) in [5.74, 6) is 0.754. The van der Waals surface area contributed by atoms with Gasteiger partial charge in [-0.3, -0.25) is 9.36 Å². The number of alkyl halides is 1. The highest BCUT2D eigenvalue weighted by Gasteiger charge is 2.56. The fraction of sp³-hybridized carbons (Fsp3) is 0.706. The summed E-state index contributed by atoms with van der Waals surface area (Å²) < 4.78 is 27.4. The topological polar surface area (TPSA) is 91.7 Å². The molecule has 4 aliphatic rings. The average molecular weight is 429 g/mol. The smallest absolute Gasteiger partial charge is 0.311 e. The van der Waals surface area contributed by atoms with Gasteiger partial charge >= 0.3 is 5.97 Å². The molecule has 1 aromatic rings. The molecule has 5 rings (SSSR count). The SMILES string of the molecule is COC(=O)C12CCC(c3nc(Br)c4n3C(F)C(OC)N=C4N)(CC1)CC2. The van der Waals surface area contributed by atoms with Crippen LogP contribution in [0, 0.1) is 5.41 Å². The molecule has 26 heavy (non-hydrogen) atoms. The molecular weight excluding hydrogens is 407 g/mol. The summed E-state index contributed by atoms with van der Waals surface area (Å²) in [4.78, 5) is 21.0. The zero-order valence-corrected chi connectivity index (χ0v) is 16.4. The highest BCUT2D eigenvalue weighted by molar-refractivity contribution is 9.10. The Morgan fingerprint density at radius 2 is 1.88 bits per heavy atom. The Balaban J connectivity index is 1.75. The van der Waals surface area contributed by atoms with E-state index in [4.69, 9.17) is 15.2 Å². The van der Waals surface area contributed by atoms with Crippen molar-refractivity contribution in [1.82, 2.24) is 9.55 Å². The highest BCUT2D eigenvalue weighted by atomic mass is 79.9. The monoisotopic (exact) mass is 428 g/mol. The van der Waals surface area contributed by atoms with Crippen molar-refractivity contribution in [2.45, 2.75) is 56.5 Å². The maximum Gasteiger partial charge on any atom is 0.311 e. The summed E-state index contributed by atoms with van der Waals surface area (Å²) in [7, 11) is 2.85. The summed E-state index contributed by atoms with van der Waals surface area (Å²) in [5, 5.41) is 0. The van der Waals surface area contributed by atoms with Crippen molar-refractivity contribution < 1.29 is 18.7 Å². The molecule has 2 heterocycles. The number of hydrogen-bond acceptors (Lipinski definition) is 6. The Morgan fingerprint density at radius 1 is 1.27 bits per heavy atom. The van der Waals surface area contributed by atoms with E-state index in [2.05, 4.69) is 25.9 Å². The lowest BCUT2D eigenvalue weighted by atomic mass is 9.53. The first-order valence-corrected chi connectivity index (χ1v) is 9.54. The van der Waals surface area contributed by atoms with Gasteiger partial charge in [-0.15, -0.1) is 0 Å². The van der Waals surface area contributed by atoms with Crippen molar-refractivity contribution in [2.75, 3.05) is 14.2 Å². The van der Waals surface area contributed by atoms with Crippen molar-refractivity contribution in [3.8, 4) is 0 Å². The van der Waals surface area contributed by atoms with Crippen LogP contribution in [0.25, 0.3) is 0 Å². The van der Waals surface area contributed by atoms with Crippen LogP contribution in [0.3, 0.4) is 0 Å². The molecule has 9 heteroatoms.